The molecule has 0 saturated carbocycles. The van der Waals surface area contributed by atoms with Crippen molar-refractivity contribution in [1.29, 1.82) is 0 Å². The summed E-state index contributed by atoms with van der Waals surface area (Å²) in [4.78, 5) is 0. The first-order chi connectivity index (χ1) is 9.84. The van der Waals surface area contributed by atoms with Crippen molar-refractivity contribution in [2.24, 2.45) is 11.8 Å². The zero-order valence-electron chi connectivity index (χ0n) is 12.5. The van der Waals surface area contributed by atoms with Crippen LogP contribution in [0.3, 0.4) is 0 Å². The van der Waals surface area contributed by atoms with Crippen molar-refractivity contribution in [3.63, 3.8) is 0 Å². The van der Waals surface area contributed by atoms with Crippen molar-refractivity contribution in [3.8, 4) is 0 Å². The molecular formula is C17H22F3N. The molecule has 0 spiro atoms. The second kappa shape index (κ2) is 6.65. The highest BCUT2D eigenvalue weighted by Crippen LogP contribution is 2.30. The molecule has 21 heavy (non-hydrogen) atoms. The smallest absolute Gasteiger partial charge is 0.312 e. The highest BCUT2D eigenvalue weighted by Gasteiger charge is 2.30. The zero-order valence-corrected chi connectivity index (χ0v) is 12.5. The monoisotopic (exact) mass is 297 g/mol. The summed E-state index contributed by atoms with van der Waals surface area (Å²) in [5.41, 5.74) is 1.52. The first-order valence-corrected chi connectivity index (χ1v) is 7.38. The van der Waals surface area contributed by atoms with Crippen molar-refractivity contribution in [1.82, 2.24) is 5.32 Å². The quantitative estimate of drug-likeness (QED) is 0.788. The average molecular weight is 297 g/mol. The second-order valence-electron chi connectivity index (χ2n) is 6.13. The molecule has 0 radical (unpaired) electrons. The first kappa shape index (κ1) is 16.1. The summed E-state index contributed by atoms with van der Waals surface area (Å²) in [6.07, 6.45) is 0.271. The Morgan fingerprint density at radius 1 is 1.29 bits per heavy atom. The minimum absolute atomic E-state index is 0.484. The van der Waals surface area contributed by atoms with Crippen molar-refractivity contribution < 1.29 is 13.2 Å². The summed E-state index contributed by atoms with van der Waals surface area (Å²) in [6, 6.07) is 5.54. The maximum absolute atomic E-state index is 12.6. The molecule has 1 aliphatic carbocycles. The Balaban J connectivity index is 1.85. The number of allylic oxidation sites excluding steroid dienone is 2. The Bertz CT molecular complexity index is 505. The molecular weight excluding hydrogens is 275 g/mol. The van der Waals surface area contributed by atoms with Crippen molar-refractivity contribution in [2.45, 2.75) is 39.4 Å². The lowest BCUT2D eigenvalue weighted by atomic mass is 9.84. The van der Waals surface area contributed by atoms with Crippen LogP contribution in [0.1, 0.15) is 37.8 Å². The predicted molar refractivity (Wildman–Crippen MR) is 78.8 cm³/mol. The zero-order chi connectivity index (χ0) is 15.5. The summed E-state index contributed by atoms with van der Waals surface area (Å²) in [7, 11) is 0. The Hall–Kier alpha value is -1.29. The van der Waals surface area contributed by atoms with E-state index < -0.39 is 11.7 Å². The van der Waals surface area contributed by atoms with E-state index in [0.29, 0.717) is 23.9 Å². The topological polar surface area (TPSA) is 12.0 Å². The third kappa shape index (κ3) is 4.88. The SMILES string of the molecule is CC1=CC(C)CC(CNCc2cccc(C(F)(F)F)c2)C1. The van der Waals surface area contributed by atoms with Crippen LogP contribution in [0.4, 0.5) is 13.2 Å². The summed E-state index contributed by atoms with van der Waals surface area (Å²) < 4.78 is 37.9. The van der Waals surface area contributed by atoms with Crippen LogP contribution >= 0.6 is 0 Å². The number of hydrogen-bond donors (Lipinski definition) is 1. The van der Waals surface area contributed by atoms with Crippen LogP contribution in [0, 0.1) is 11.8 Å². The van der Waals surface area contributed by atoms with Crippen molar-refractivity contribution in [2.75, 3.05) is 6.54 Å². The van der Waals surface area contributed by atoms with Crippen LogP contribution in [-0.4, -0.2) is 6.54 Å². The van der Waals surface area contributed by atoms with E-state index in [0.717, 1.165) is 25.5 Å². The summed E-state index contributed by atoms with van der Waals surface area (Å²) in [6.45, 7) is 5.70. The van der Waals surface area contributed by atoms with Crippen LogP contribution in [0.5, 0.6) is 0 Å². The van der Waals surface area contributed by atoms with Gasteiger partial charge < -0.3 is 5.32 Å². The van der Waals surface area contributed by atoms with Gasteiger partial charge in [-0.2, -0.15) is 13.2 Å². The van der Waals surface area contributed by atoms with Crippen molar-refractivity contribution >= 4 is 0 Å². The lowest BCUT2D eigenvalue weighted by Crippen LogP contribution is -2.26. The highest BCUT2D eigenvalue weighted by molar-refractivity contribution is 5.25. The molecule has 116 valence electrons. The fraction of sp³-hybridized carbons (Fsp3) is 0.529. The second-order valence-corrected chi connectivity index (χ2v) is 6.13. The molecule has 1 N–H and O–H groups in total. The van der Waals surface area contributed by atoms with Crippen LogP contribution in [0.15, 0.2) is 35.9 Å². The maximum Gasteiger partial charge on any atom is 0.416 e. The summed E-state index contributed by atoms with van der Waals surface area (Å²) in [5.74, 6) is 1.18. The lowest BCUT2D eigenvalue weighted by molar-refractivity contribution is -0.137. The molecule has 1 aromatic carbocycles. The molecule has 0 aromatic heterocycles. The number of alkyl halides is 3. The molecule has 0 fully saturated rings. The average Bonchev–Trinajstić information content (AvgIpc) is 2.37. The molecule has 0 aliphatic heterocycles. The first-order valence-electron chi connectivity index (χ1n) is 7.38. The molecule has 1 nitrogen and oxygen atoms in total. The van der Waals surface area contributed by atoms with Gasteiger partial charge in [-0.05, 0) is 49.8 Å². The number of nitrogens with one attached hydrogen (secondary N) is 1. The van der Waals surface area contributed by atoms with Gasteiger partial charge in [-0.3, -0.25) is 0 Å². The van der Waals surface area contributed by atoms with Gasteiger partial charge in [0, 0.05) is 6.54 Å². The van der Waals surface area contributed by atoms with Crippen LogP contribution < -0.4 is 5.32 Å². The van der Waals surface area contributed by atoms with E-state index in [9.17, 15) is 13.2 Å². The van der Waals surface area contributed by atoms with E-state index in [1.807, 2.05) is 0 Å². The minimum atomic E-state index is -4.27. The van der Waals surface area contributed by atoms with Gasteiger partial charge in [0.25, 0.3) is 0 Å². The van der Waals surface area contributed by atoms with Gasteiger partial charge in [0.2, 0.25) is 0 Å². The lowest BCUT2D eigenvalue weighted by Gasteiger charge is -2.25. The Kier molecular flexibility index (Phi) is 5.09. The van der Waals surface area contributed by atoms with Gasteiger partial charge >= 0.3 is 6.18 Å². The molecule has 4 heteroatoms. The van der Waals surface area contributed by atoms with Crippen LogP contribution in [0.2, 0.25) is 0 Å². The van der Waals surface area contributed by atoms with E-state index in [1.165, 1.54) is 17.7 Å². The fourth-order valence-electron chi connectivity index (χ4n) is 3.12. The molecule has 2 unspecified atom stereocenters. The molecule has 0 saturated heterocycles. The molecule has 0 bridgehead atoms. The largest absolute Gasteiger partial charge is 0.416 e. The number of rotatable bonds is 4. The number of benzene rings is 1. The number of hydrogen-bond acceptors (Lipinski definition) is 1. The highest BCUT2D eigenvalue weighted by atomic mass is 19.4. The van der Waals surface area contributed by atoms with Gasteiger partial charge in [0.05, 0.1) is 5.56 Å². The Labute approximate surface area is 124 Å². The Morgan fingerprint density at radius 3 is 2.71 bits per heavy atom. The van der Waals surface area contributed by atoms with Gasteiger partial charge in [0.15, 0.2) is 0 Å². The molecule has 1 aliphatic rings. The maximum atomic E-state index is 12.6. The standard InChI is InChI=1S/C17H22F3N/c1-12-6-13(2)8-15(7-12)11-21-10-14-4-3-5-16(9-14)17(18,19)20/h3-6,9,12,15,21H,7-8,10-11H2,1-2H3. The normalized spacial score (nSPS) is 23.0. The molecule has 2 rings (SSSR count). The van der Waals surface area contributed by atoms with Crippen LogP contribution in [-0.2, 0) is 12.7 Å². The third-order valence-corrected chi connectivity index (χ3v) is 3.90. The van der Waals surface area contributed by atoms with Crippen molar-refractivity contribution in [3.05, 3.63) is 47.0 Å². The fourth-order valence-corrected chi connectivity index (χ4v) is 3.12. The molecule has 2 atom stereocenters. The Morgan fingerprint density at radius 2 is 2.05 bits per heavy atom. The summed E-state index contributed by atoms with van der Waals surface area (Å²) >= 11 is 0. The van der Waals surface area contributed by atoms with Gasteiger partial charge in [-0.25, -0.2) is 0 Å². The summed E-state index contributed by atoms with van der Waals surface area (Å²) in [5, 5.41) is 3.30. The van der Waals surface area contributed by atoms with E-state index in [2.05, 4.69) is 25.2 Å². The van der Waals surface area contributed by atoms with Gasteiger partial charge in [-0.1, -0.05) is 36.8 Å². The number of halogens is 3. The van der Waals surface area contributed by atoms with E-state index in [1.54, 1.807) is 6.07 Å². The third-order valence-electron chi connectivity index (χ3n) is 3.90. The van der Waals surface area contributed by atoms with Crippen LogP contribution in [0.25, 0.3) is 0 Å². The van der Waals surface area contributed by atoms with E-state index in [4.69, 9.17) is 0 Å². The molecule has 1 aromatic rings. The van der Waals surface area contributed by atoms with Gasteiger partial charge in [0.1, 0.15) is 0 Å². The predicted octanol–water partition coefficient (Wildman–Crippen LogP) is 4.79. The van der Waals surface area contributed by atoms with E-state index >= 15 is 0 Å². The van der Waals surface area contributed by atoms with Gasteiger partial charge in [-0.15, -0.1) is 0 Å². The minimum Gasteiger partial charge on any atom is -0.312 e. The molecule has 0 heterocycles. The van der Waals surface area contributed by atoms with E-state index in [-0.39, 0.29) is 0 Å². The molecule has 0 amide bonds.